The number of aliphatic hydroxyl groups excluding tert-OH is 1. The molecule has 0 saturated heterocycles. The summed E-state index contributed by atoms with van der Waals surface area (Å²) in [6.07, 6.45) is -1.55. The van der Waals surface area contributed by atoms with Gasteiger partial charge < -0.3 is 14.9 Å². The van der Waals surface area contributed by atoms with Gasteiger partial charge in [-0.3, -0.25) is 4.79 Å². The first-order valence-electron chi connectivity index (χ1n) is 5.44. The summed E-state index contributed by atoms with van der Waals surface area (Å²) in [4.78, 5) is 21.8. The van der Waals surface area contributed by atoms with Gasteiger partial charge in [-0.2, -0.15) is 0 Å². The van der Waals surface area contributed by atoms with E-state index < -0.39 is 23.9 Å². The van der Waals surface area contributed by atoms with Gasteiger partial charge in [-0.1, -0.05) is 6.07 Å². The number of carboxylic acid groups (broad SMARTS) is 1. The van der Waals surface area contributed by atoms with Crippen molar-refractivity contribution in [1.29, 1.82) is 0 Å². The molecule has 0 saturated carbocycles. The van der Waals surface area contributed by atoms with Gasteiger partial charge in [0.05, 0.1) is 12.4 Å². The fourth-order valence-electron chi connectivity index (χ4n) is 1.30. The smallest absolute Gasteiger partial charge is 0.339 e. The summed E-state index contributed by atoms with van der Waals surface area (Å²) in [5.74, 6) is -2.86. The molecule has 104 valence electrons. The molecule has 0 fully saturated rings. The van der Waals surface area contributed by atoms with Crippen LogP contribution in [0.15, 0.2) is 23.1 Å². The molecule has 0 aliphatic carbocycles. The van der Waals surface area contributed by atoms with Gasteiger partial charge in [0, 0.05) is 4.90 Å². The molecule has 1 unspecified atom stereocenters. The fraction of sp³-hybridized carbons (Fsp3) is 0.333. The second kappa shape index (κ2) is 7.10. The molecule has 2 N–H and O–H groups in total. The van der Waals surface area contributed by atoms with Crippen LogP contribution in [-0.2, 0) is 14.3 Å². The highest BCUT2D eigenvalue weighted by Crippen LogP contribution is 2.25. The molecule has 0 amide bonds. The molecule has 0 aliphatic heterocycles. The Labute approximate surface area is 113 Å². The number of rotatable bonds is 6. The number of carboxylic acids is 1. The highest BCUT2D eigenvalue weighted by molar-refractivity contribution is 8.00. The van der Waals surface area contributed by atoms with E-state index in [0.717, 1.165) is 17.8 Å². The standard InChI is InChI=1S/C12H13FO5S/c1-2-18-12(17)11(16)7-3-4-9(8(13)5-7)19-6-10(14)15/h3-5,11,16H,2,6H2,1H3,(H,14,15). The average Bonchev–Trinajstić information content (AvgIpc) is 2.36. The number of hydrogen-bond acceptors (Lipinski definition) is 5. The van der Waals surface area contributed by atoms with Crippen LogP contribution in [0.2, 0.25) is 0 Å². The van der Waals surface area contributed by atoms with E-state index in [9.17, 15) is 19.1 Å². The van der Waals surface area contributed by atoms with Gasteiger partial charge >= 0.3 is 11.9 Å². The van der Waals surface area contributed by atoms with E-state index in [1.807, 2.05) is 0 Å². The highest BCUT2D eigenvalue weighted by Gasteiger charge is 2.20. The molecule has 0 bridgehead atoms. The third kappa shape index (κ3) is 4.53. The maximum absolute atomic E-state index is 13.6. The summed E-state index contributed by atoms with van der Waals surface area (Å²) in [7, 11) is 0. The second-order valence-corrected chi connectivity index (χ2v) is 4.54. The fourth-order valence-corrected chi connectivity index (χ4v) is 1.94. The zero-order chi connectivity index (χ0) is 14.4. The predicted octanol–water partition coefficient (Wildman–Crippen LogP) is 1.60. The normalized spacial score (nSPS) is 11.9. The first-order chi connectivity index (χ1) is 8.95. The molecule has 0 spiro atoms. The largest absolute Gasteiger partial charge is 0.481 e. The third-order valence-corrected chi connectivity index (χ3v) is 3.17. The summed E-state index contributed by atoms with van der Waals surface area (Å²) in [6.45, 7) is 1.71. The summed E-state index contributed by atoms with van der Waals surface area (Å²) >= 11 is 0.822. The zero-order valence-corrected chi connectivity index (χ0v) is 10.9. The Morgan fingerprint density at radius 3 is 2.68 bits per heavy atom. The second-order valence-electron chi connectivity index (χ2n) is 3.53. The molecule has 0 aromatic heterocycles. The Hall–Kier alpha value is -1.60. The van der Waals surface area contributed by atoms with Crippen molar-refractivity contribution in [3.8, 4) is 0 Å². The Morgan fingerprint density at radius 2 is 2.16 bits per heavy atom. The molecule has 19 heavy (non-hydrogen) atoms. The lowest BCUT2D eigenvalue weighted by Gasteiger charge is -2.11. The maximum atomic E-state index is 13.6. The molecule has 7 heteroatoms. The number of halogens is 1. The number of hydrogen-bond donors (Lipinski definition) is 2. The number of thioether (sulfide) groups is 1. The summed E-state index contributed by atoms with van der Waals surface area (Å²) in [6, 6.07) is 3.67. The Kier molecular flexibility index (Phi) is 5.78. The molecular formula is C12H13FO5S. The van der Waals surface area contributed by atoms with Crippen molar-refractivity contribution in [3.63, 3.8) is 0 Å². The molecule has 5 nitrogen and oxygen atoms in total. The first kappa shape index (κ1) is 15.5. The number of carbonyl (C=O) groups is 2. The maximum Gasteiger partial charge on any atom is 0.339 e. The van der Waals surface area contributed by atoms with E-state index >= 15 is 0 Å². The van der Waals surface area contributed by atoms with Crippen molar-refractivity contribution in [2.75, 3.05) is 12.4 Å². The monoisotopic (exact) mass is 288 g/mol. The minimum Gasteiger partial charge on any atom is -0.481 e. The molecule has 0 aliphatic rings. The van der Waals surface area contributed by atoms with E-state index in [1.54, 1.807) is 6.92 Å². The first-order valence-corrected chi connectivity index (χ1v) is 6.43. The van der Waals surface area contributed by atoms with Crippen molar-refractivity contribution in [2.24, 2.45) is 0 Å². The van der Waals surface area contributed by atoms with Crippen LogP contribution in [-0.4, -0.2) is 34.5 Å². The van der Waals surface area contributed by atoms with Crippen LogP contribution in [0.5, 0.6) is 0 Å². The molecule has 1 aromatic rings. The molecule has 0 heterocycles. The van der Waals surface area contributed by atoms with Crippen LogP contribution in [0, 0.1) is 5.82 Å². The Bertz CT molecular complexity index is 477. The van der Waals surface area contributed by atoms with E-state index in [2.05, 4.69) is 4.74 Å². The van der Waals surface area contributed by atoms with Gasteiger partial charge in [0.1, 0.15) is 5.82 Å². The summed E-state index contributed by atoms with van der Waals surface area (Å²) in [5.41, 5.74) is 0.0654. The molecule has 1 rings (SSSR count). The Morgan fingerprint density at radius 1 is 1.47 bits per heavy atom. The lowest BCUT2D eigenvalue weighted by atomic mass is 10.1. The van der Waals surface area contributed by atoms with Gasteiger partial charge in [0.25, 0.3) is 0 Å². The summed E-state index contributed by atoms with van der Waals surface area (Å²) in [5, 5.41) is 18.1. The Balaban J connectivity index is 2.81. The van der Waals surface area contributed by atoms with Crippen molar-refractivity contribution in [3.05, 3.63) is 29.6 Å². The zero-order valence-electron chi connectivity index (χ0n) is 10.1. The number of aliphatic carboxylic acids is 1. The van der Waals surface area contributed by atoms with Gasteiger partial charge in [0.2, 0.25) is 0 Å². The lowest BCUT2D eigenvalue weighted by Crippen LogP contribution is -2.15. The SMILES string of the molecule is CCOC(=O)C(O)c1ccc(SCC(=O)O)c(F)c1. The topological polar surface area (TPSA) is 83.8 Å². The van der Waals surface area contributed by atoms with Crippen LogP contribution in [0.4, 0.5) is 4.39 Å². The quantitative estimate of drug-likeness (QED) is 0.611. The number of esters is 1. The van der Waals surface area contributed by atoms with Gasteiger partial charge in [0.15, 0.2) is 6.10 Å². The molecule has 0 radical (unpaired) electrons. The minimum absolute atomic E-state index is 0.0654. The minimum atomic E-state index is -1.55. The molecule has 1 aromatic carbocycles. The van der Waals surface area contributed by atoms with Crippen LogP contribution in [0.3, 0.4) is 0 Å². The molecule has 1 atom stereocenters. The van der Waals surface area contributed by atoms with Crippen molar-refractivity contribution in [2.45, 2.75) is 17.9 Å². The number of aliphatic hydroxyl groups is 1. The lowest BCUT2D eigenvalue weighted by molar-refractivity contribution is -0.153. The van der Waals surface area contributed by atoms with E-state index in [4.69, 9.17) is 5.11 Å². The number of ether oxygens (including phenoxy) is 1. The van der Waals surface area contributed by atoms with Crippen LogP contribution in [0.25, 0.3) is 0 Å². The highest BCUT2D eigenvalue weighted by atomic mass is 32.2. The number of benzene rings is 1. The van der Waals surface area contributed by atoms with E-state index in [-0.39, 0.29) is 22.8 Å². The third-order valence-electron chi connectivity index (χ3n) is 2.13. The van der Waals surface area contributed by atoms with Crippen LogP contribution in [0.1, 0.15) is 18.6 Å². The van der Waals surface area contributed by atoms with Crippen LogP contribution < -0.4 is 0 Å². The number of carbonyl (C=O) groups excluding carboxylic acids is 1. The average molecular weight is 288 g/mol. The molecular weight excluding hydrogens is 275 g/mol. The van der Waals surface area contributed by atoms with Crippen molar-refractivity contribution in [1.82, 2.24) is 0 Å². The van der Waals surface area contributed by atoms with E-state index in [0.29, 0.717) is 0 Å². The van der Waals surface area contributed by atoms with Gasteiger partial charge in [-0.05, 0) is 24.6 Å². The van der Waals surface area contributed by atoms with Gasteiger partial charge in [-0.25, -0.2) is 9.18 Å². The van der Waals surface area contributed by atoms with Crippen LogP contribution >= 0.6 is 11.8 Å². The van der Waals surface area contributed by atoms with E-state index in [1.165, 1.54) is 12.1 Å². The van der Waals surface area contributed by atoms with Gasteiger partial charge in [-0.15, -0.1) is 11.8 Å². The van der Waals surface area contributed by atoms with Crippen molar-refractivity contribution >= 4 is 23.7 Å². The van der Waals surface area contributed by atoms with Crippen molar-refractivity contribution < 1.29 is 28.9 Å². The summed E-state index contributed by atoms with van der Waals surface area (Å²) < 4.78 is 18.2. The predicted molar refractivity (Wildman–Crippen MR) is 66.4 cm³/mol.